The Balaban J connectivity index is 1.52. The molecule has 1 heterocycles. The van der Waals surface area contributed by atoms with Gasteiger partial charge in [-0.25, -0.2) is 0 Å². The van der Waals surface area contributed by atoms with Crippen LogP contribution in [0.25, 0.3) is 0 Å². The normalized spacial score (nSPS) is 29.1. The Hall–Kier alpha value is -1.06. The first kappa shape index (κ1) is 13.9. The number of carbonyl (C=O) groups is 2. The summed E-state index contributed by atoms with van der Waals surface area (Å²) >= 11 is 0. The molecule has 112 valence electrons. The molecule has 0 aromatic heterocycles. The lowest BCUT2D eigenvalue weighted by atomic mass is 9.97. The molecule has 3 rings (SSSR count). The van der Waals surface area contributed by atoms with Gasteiger partial charge in [0.2, 0.25) is 5.91 Å². The zero-order chi connectivity index (χ0) is 13.9. The molecule has 0 aromatic rings. The van der Waals surface area contributed by atoms with Gasteiger partial charge < -0.3 is 9.64 Å². The Labute approximate surface area is 120 Å². The number of hydrogen-bond donors (Lipinski definition) is 0. The maximum absolute atomic E-state index is 12.2. The van der Waals surface area contributed by atoms with E-state index < -0.39 is 0 Å². The summed E-state index contributed by atoms with van der Waals surface area (Å²) in [5, 5.41) is 0. The van der Waals surface area contributed by atoms with E-state index in [4.69, 9.17) is 4.74 Å². The molecule has 1 unspecified atom stereocenters. The third kappa shape index (κ3) is 2.99. The van der Waals surface area contributed by atoms with Gasteiger partial charge in [0, 0.05) is 19.0 Å². The molecule has 0 bridgehead atoms. The van der Waals surface area contributed by atoms with Crippen molar-refractivity contribution < 1.29 is 14.3 Å². The van der Waals surface area contributed by atoms with Crippen molar-refractivity contribution in [1.29, 1.82) is 0 Å². The lowest BCUT2D eigenvalue weighted by Gasteiger charge is -2.25. The minimum Gasteiger partial charge on any atom is -0.462 e. The van der Waals surface area contributed by atoms with E-state index in [0.717, 1.165) is 38.5 Å². The minimum atomic E-state index is -0.218. The fourth-order valence-corrected chi connectivity index (χ4v) is 3.90. The first-order chi connectivity index (χ1) is 9.74. The quantitative estimate of drug-likeness (QED) is 0.746. The smallest absolute Gasteiger partial charge is 0.311 e. The standard InChI is InChI=1S/C16H25NO3/c18-15-10-12(11-17(15)13-6-4-5-7-13)16(19)20-14-8-2-1-3-9-14/h12-14H,1-11H2. The van der Waals surface area contributed by atoms with Crippen LogP contribution in [0, 0.1) is 5.92 Å². The molecular formula is C16H25NO3. The van der Waals surface area contributed by atoms with Gasteiger partial charge in [0.1, 0.15) is 6.10 Å². The van der Waals surface area contributed by atoms with Crippen molar-refractivity contribution in [1.82, 2.24) is 4.90 Å². The number of likely N-dealkylation sites (tertiary alicyclic amines) is 1. The predicted molar refractivity (Wildman–Crippen MR) is 75.0 cm³/mol. The van der Waals surface area contributed by atoms with Gasteiger partial charge in [-0.2, -0.15) is 0 Å². The van der Waals surface area contributed by atoms with E-state index in [1.807, 2.05) is 4.90 Å². The summed E-state index contributed by atoms with van der Waals surface area (Å²) in [5.74, 6) is -0.196. The summed E-state index contributed by atoms with van der Waals surface area (Å²) in [6, 6.07) is 0.384. The Kier molecular flexibility index (Phi) is 4.27. The van der Waals surface area contributed by atoms with Crippen molar-refractivity contribution in [2.75, 3.05) is 6.54 Å². The number of amides is 1. The molecule has 0 spiro atoms. The molecule has 4 nitrogen and oxygen atoms in total. The molecule has 0 radical (unpaired) electrons. The Morgan fingerprint density at radius 2 is 1.65 bits per heavy atom. The highest BCUT2D eigenvalue weighted by Gasteiger charge is 2.40. The van der Waals surface area contributed by atoms with E-state index in [1.165, 1.54) is 19.3 Å². The van der Waals surface area contributed by atoms with Gasteiger partial charge in [-0.15, -0.1) is 0 Å². The largest absolute Gasteiger partial charge is 0.462 e. The Morgan fingerprint density at radius 1 is 1.00 bits per heavy atom. The van der Waals surface area contributed by atoms with Crippen molar-refractivity contribution in [2.24, 2.45) is 5.92 Å². The van der Waals surface area contributed by atoms with Crippen LogP contribution in [0.15, 0.2) is 0 Å². The molecular weight excluding hydrogens is 254 g/mol. The van der Waals surface area contributed by atoms with Crippen LogP contribution in [0.5, 0.6) is 0 Å². The van der Waals surface area contributed by atoms with Crippen molar-refractivity contribution in [3.05, 3.63) is 0 Å². The van der Waals surface area contributed by atoms with Crippen molar-refractivity contribution >= 4 is 11.9 Å². The van der Waals surface area contributed by atoms with Gasteiger partial charge in [-0.1, -0.05) is 19.3 Å². The third-order valence-electron chi connectivity index (χ3n) is 5.09. The zero-order valence-corrected chi connectivity index (χ0v) is 12.2. The van der Waals surface area contributed by atoms with E-state index in [2.05, 4.69) is 0 Å². The zero-order valence-electron chi connectivity index (χ0n) is 12.2. The van der Waals surface area contributed by atoms with Crippen LogP contribution in [0.4, 0.5) is 0 Å². The van der Waals surface area contributed by atoms with Crippen molar-refractivity contribution in [3.63, 3.8) is 0 Å². The van der Waals surface area contributed by atoms with Crippen LogP contribution < -0.4 is 0 Å². The second kappa shape index (κ2) is 6.15. The first-order valence-electron chi connectivity index (χ1n) is 8.24. The summed E-state index contributed by atoms with van der Waals surface area (Å²) in [7, 11) is 0. The Morgan fingerprint density at radius 3 is 2.35 bits per heavy atom. The van der Waals surface area contributed by atoms with E-state index in [9.17, 15) is 9.59 Å². The molecule has 3 aliphatic rings. The van der Waals surface area contributed by atoms with Crippen LogP contribution in [0.3, 0.4) is 0 Å². The van der Waals surface area contributed by atoms with Crippen LogP contribution >= 0.6 is 0 Å². The number of nitrogens with zero attached hydrogens (tertiary/aromatic N) is 1. The molecule has 1 atom stereocenters. The highest BCUT2D eigenvalue weighted by Crippen LogP contribution is 2.30. The maximum atomic E-state index is 12.2. The summed E-state index contributed by atoms with van der Waals surface area (Å²) in [5.41, 5.74) is 0. The Bertz CT molecular complexity index is 370. The summed E-state index contributed by atoms with van der Waals surface area (Å²) in [6.07, 6.45) is 10.7. The number of carbonyl (C=O) groups excluding carboxylic acids is 2. The van der Waals surface area contributed by atoms with E-state index in [1.54, 1.807) is 0 Å². The lowest BCUT2D eigenvalue weighted by molar-refractivity contribution is -0.155. The van der Waals surface area contributed by atoms with Gasteiger partial charge >= 0.3 is 5.97 Å². The summed E-state index contributed by atoms with van der Waals surface area (Å²) in [6.45, 7) is 0.592. The molecule has 0 N–H and O–H groups in total. The van der Waals surface area contributed by atoms with Gasteiger partial charge in [-0.3, -0.25) is 9.59 Å². The molecule has 0 aromatic carbocycles. The third-order valence-corrected chi connectivity index (χ3v) is 5.09. The SMILES string of the molecule is O=C(OC1CCCCC1)C1CC(=O)N(C2CCCC2)C1. The number of rotatable bonds is 3. The topological polar surface area (TPSA) is 46.6 Å². The fourth-order valence-electron chi connectivity index (χ4n) is 3.90. The average molecular weight is 279 g/mol. The summed E-state index contributed by atoms with van der Waals surface area (Å²) in [4.78, 5) is 26.2. The van der Waals surface area contributed by atoms with Crippen LogP contribution in [0.1, 0.15) is 64.2 Å². The van der Waals surface area contributed by atoms with Gasteiger partial charge in [0.15, 0.2) is 0 Å². The van der Waals surface area contributed by atoms with Crippen LogP contribution in [0.2, 0.25) is 0 Å². The average Bonchev–Trinajstić information content (AvgIpc) is 3.08. The molecule has 1 aliphatic heterocycles. The molecule has 4 heteroatoms. The van der Waals surface area contributed by atoms with Gasteiger partial charge in [-0.05, 0) is 38.5 Å². The highest BCUT2D eigenvalue weighted by atomic mass is 16.5. The van der Waals surface area contributed by atoms with E-state index in [0.29, 0.717) is 19.0 Å². The minimum absolute atomic E-state index is 0.104. The van der Waals surface area contributed by atoms with E-state index in [-0.39, 0.29) is 23.9 Å². The van der Waals surface area contributed by atoms with E-state index >= 15 is 0 Å². The molecule has 20 heavy (non-hydrogen) atoms. The monoisotopic (exact) mass is 279 g/mol. The van der Waals surface area contributed by atoms with Crippen molar-refractivity contribution in [2.45, 2.75) is 76.4 Å². The summed E-state index contributed by atoms with van der Waals surface area (Å²) < 4.78 is 5.62. The second-order valence-electron chi connectivity index (χ2n) is 6.58. The number of ether oxygens (including phenoxy) is 1. The second-order valence-corrected chi connectivity index (χ2v) is 6.58. The number of esters is 1. The fraction of sp³-hybridized carbons (Fsp3) is 0.875. The molecule has 2 aliphatic carbocycles. The van der Waals surface area contributed by atoms with Gasteiger partial charge in [0.05, 0.1) is 5.92 Å². The maximum Gasteiger partial charge on any atom is 0.311 e. The van der Waals surface area contributed by atoms with Crippen molar-refractivity contribution in [3.8, 4) is 0 Å². The molecule has 2 saturated carbocycles. The molecule has 3 fully saturated rings. The molecule has 1 saturated heterocycles. The first-order valence-corrected chi connectivity index (χ1v) is 8.24. The van der Waals surface area contributed by atoms with Crippen LogP contribution in [-0.2, 0) is 14.3 Å². The van der Waals surface area contributed by atoms with Crippen LogP contribution in [-0.4, -0.2) is 35.5 Å². The highest BCUT2D eigenvalue weighted by molar-refractivity contribution is 5.87. The molecule has 1 amide bonds. The van der Waals surface area contributed by atoms with Gasteiger partial charge in [0.25, 0.3) is 0 Å². The predicted octanol–water partition coefficient (Wildman–Crippen LogP) is 2.65. The lowest BCUT2D eigenvalue weighted by Crippen LogP contribution is -2.35. The number of hydrogen-bond acceptors (Lipinski definition) is 3.